The third-order valence-corrected chi connectivity index (χ3v) is 4.87. The lowest BCUT2D eigenvalue weighted by Crippen LogP contribution is -2.32. The van der Waals surface area contributed by atoms with Crippen LogP contribution in [0.3, 0.4) is 0 Å². The zero-order valence-electron chi connectivity index (χ0n) is 10.0. The van der Waals surface area contributed by atoms with E-state index in [0.717, 1.165) is 4.90 Å². The predicted octanol–water partition coefficient (Wildman–Crippen LogP) is 0.751. The topological polar surface area (TPSA) is 124 Å². The van der Waals surface area contributed by atoms with E-state index in [0.29, 0.717) is 4.47 Å². The van der Waals surface area contributed by atoms with E-state index in [2.05, 4.69) is 15.9 Å². The van der Waals surface area contributed by atoms with Crippen LogP contribution in [0.1, 0.15) is 6.42 Å². The van der Waals surface area contributed by atoms with Crippen LogP contribution in [-0.2, 0) is 14.8 Å². The van der Waals surface area contributed by atoms with E-state index in [9.17, 15) is 23.3 Å². The Morgan fingerprint density at radius 1 is 1.45 bits per heavy atom. The Hall–Kier alpha value is -1.52. The van der Waals surface area contributed by atoms with Gasteiger partial charge in [-0.1, -0.05) is 6.07 Å². The standard InChI is InChI=1S/C10H10BrN3O5S/c11-7-2-1-3-8(14(16)17)10(7)13-5-6(4-9(13)15)20(12,18)19/h1-3,6H,4-5H2,(H2,12,18,19). The van der Waals surface area contributed by atoms with E-state index in [1.165, 1.54) is 12.1 Å². The first kappa shape index (κ1) is 14.9. The van der Waals surface area contributed by atoms with Gasteiger partial charge in [0.25, 0.3) is 5.69 Å². The number of halogens is 1. The number of hydrogen-bond acceptors (Lipinski definition) is 5. The van der Waals surface area contributed by atoms with Crippen molar-refractivity contribution < 1.29 is 18.1 Å². The van der Waals surface area contributed by atoms with Crippen LogP contribution in [0.5, 0.6) is 0 Å². The van der Waals surface area contributed by atoms with E-state index in [4.69, 9.17) is 5.14 Å². The van der Waals surface area contributed by atoms with Gasteiger partial charge >= 0.3 is 0 Å². The summed E-state index contributed by atoms with van der Waals surface area (Å²) in [7, 11) is -3.87. The molecule has 108 valence electrons. The van der Waals surface area contributed by atoms with E-state index in [1.807, 2.05) is 0 Å². The van der Waals surface area contributed by atoms with Gasteiger partial charge in [-0.2, -0.15) is 0 Å². The Labute approximate surface area is 122 Å². The lowest BCUT2D eigenvalue weighted by Gasteiger charge is -2.17. The normalized spacial score (nSPS) is 19.4. The molecule has 1 heterocycles. The first-order chi connectivity index (χ1) is 9.21. The number of benzene rings is 1. The number of anilines is 1. The van der Waals surface area contributed by atoms with Crippen molar-refractivity contribution in [2.24, 2.45) is 5.14 Å². The summed E-state index contributed by atoms with van der Waals surface area (Å²) in [5, 5.41) is 15.0. The number of carbonyl (C=O) groups is 1. The SMILES string of the molecule is NS(=O)(=O)C1CC(=O)N(c2c(Br)cccc2[N+](=O)[O-])C1. The number of sulfonamides is 1. The molecule has 1 atom stereocenters. The molecule has 8 nitrogen and oxygen atoms in total. The number of nitrogens with zero attached hydrogens (tertiary/aromatic N) is 2. The molecule has 1 aromatic rings. The minimum atomic E-state index is -3.87. The highest BCUT2D eigenvalue weighted by molar-refractivity contribution is 9.10. The van der Waals surface area contributed by atoms with Crippen molar-refractivity contribution in [2.45, 2.75) is 11.7 Å². The smallest absolute Gasteiger partial charge is 0.294 e. The number of carbonyl (C=O) groups excluding carboxylic acids is 1. The molecule has 10 heteroatoms. The van der Waals surface area contributed by atoms with Gasteiger partial charge in [-0.25, -0.2) is 13.6 Å². The van der Waals surface area contributed by atoms with Crippen molar-refractivity contribution in [3.8, 4) is 0 Å². The molecule has 1 fully saturated rings. The second-order valence-corrected chi connectivity index (χ2v) is 6.98. The molecule has 1 saturated heterocycles. The van der Waals surface area contributed by atoms with Crippen LogP contribution in [0.4, 0.5) is 11.4 Å². The molecule has 2 rings (SSSR count). The number of rotatable bonds is 3. The van der Waals surface area contributed by atoms with Crippen molar-refractivity contribution in [3.05, 3.63) is 32.8 Å². The Morgan fingerprint density at radius 2 is 2.10 bits per heavy atom. The van der Waals surface area contributed by atoms with Gasteiger partial charge in [0.1, 0.15) is 10.9 Å². The highest BCUT2D eigenvalue weighted by atomic mass is 79.9. The largest absolute Gasteiger partial charge is 0.304 e. The van der Waals surface area contributed by atoms with Crippen LogP contribution in [-0.4, -0.2) is 31.0 Å². The van der Waals surface area contributed by atoms with Gasteiger partial charge in [-0.15, -0.1) is 0 Å². The van der Waals surface area contributed by atoms with Gasteiger partial charge in [-0.3, -0.25) is 14.9 Å². The Balaban J connectivity index is 2.48. The van der Waals surface area contributed by atoms with Gasteiger partial charge in [-0.05, 0) is 22.0 Å². The molecule has 0 spiro atoms. The van der Waals surface area contributed by atoms with Gasteiger partial charge in [0.15, 0.2) is 0 Å². The summed E-state index contributed by atoms with van der Waals surface area (Å²) in [4.78, 5) is 23.4. The lowest BCUT2D eigenvalue weighted by atomic mass is 10.2. The predicted molar refractivity (Wildman–Crippen MR) is 74.7 cm³/mol. The summed E-state index contributed by atoms with van der Waals surface area (Å²) >= 11 is 3.14. The van der Waals surface area contributed by atoms with Crippen molar-refractivity contribution in [1.82, 2.24) is 0 Å². The zero-order chi connectivity index (χ0) is 15.1. The third-order valence-electron chi connectivity index (χ3n) is 2.99. The molecular weight excluding hydrogens is 354 g/mol. The van der Waals surface area contributed by atoms with Crippen LogP contribution in [0.25, 0.3) is 0 Å². The molecule has 1 unspecified atom stereocenters. The molecule has 20 heavy (non-hydrogen) atoms. The van der Waals surface area contributed by atoms with Crippen molar-refractivity contribution >= 4 is 43.2 Å². The molecule has 1 aromatic carbocycles. The third kappa shape index (κ3) is 2.67. The number of hydrogen-bond donors (Lipinski definition) is 1. The quantitative estimate of drug-likeness (QED) is 0.626. The van der Waals surface area contributed by atoms with E-state index in [1.54, 1.807) is 6.07 Å². The van der Waals surface area contributed by atoms with E-state index >= 15 is 0 Å². The highest BCUT2D eigenvalue weighted by Crippen LogP contribution is 2.38. The number of nitro groups is 1. The van der Waals surface area contributed by atoms with Gasteiger partial charge in [0, 0.05) is 23.5 Å². The average molecular weight is 364 g/mol. The molecule has 2 N–H and O–H groups in total. The van der Waals surface area contributed by atoms with Crippen LogP contribution >= 0.6 is 15.9 Å². The lowest BCUT2D eigenvalue weighted by molar-refractivity contribution is -0.384. The van der Waals surface area contributed by atoms with Crippen molar-refractivity contribution in [1.29, 1.82) is 0 Å². The molecule has 0 saturated carbocycles. The minimum absolute atomic E-state index is 0.0497. The highest BCUT2D eigenvalue weighted by Gasteiger charge is 2.40. The fourth-order valence-electron chi connectivity index (χ4n) is 2.03. The molecule has 0 aromatic heterocycles. The summed E-state index contributed by atoms with van der Waals surface area (Å²) in [6.07, 6.45) is -0.280. The summed E-state index contributed by atoms with van der Waals surface area (Å²) in [6, 6.07) is 4.25. The molecular formula is C10H10BrN3O5S. The van der Waals surface area contributed by atoms with Crippen LogP contribution in [0, 0.1) is 10.1 Å². The Bertz CT molecular complexity index is 690. The van der Waals surface area contributed by atoms with E-state index < -0.39 is 26.1 Å². The second-order valence-electron chi connectivity index (χ2n) is 4.28. The maximum Gasteiger partial charge on any atom is 0.294 e. The maximum absolute atomic E-state index is 11.9. The molecule has 1 amide bonds. The first-order valence-electron chi connectivity index (χ1n) is 5.46. The molecule has 0 radical (unpaired) electrons. The van der Waals surface area contributed by atoms with Crippen LogP contribution in [0.15, 0.2) is 22.7 Å². The summed E-state index contributed by atoms with van der Waals surface area (Å²) in [6.45, 7) is -0.193. The fourth-order valence-corrected chi connectivity index (χ4v) is 3.33. The maximum atomic E-state index is 11.9. The van der Waals surface area contributed by atoms with Crippen LogP contribution in [0.2, 0.25) is 0 Å². The first-order valence-corrected chi connectivity index (χ1v) is 7.87. The molecule has 1 aliphatic rings. The molecule has 0 aliphatic carbocycles. The number of nitrogens with two attached hydrogens (primary N) is 1. The van der Waals surface area contributed by atoms with Gasteiger partial charge < -0.3 is 4.90 Å². The van der Waals surface area contributed by atoms with Crippen LogP contribution < -0.4 is 10.0 Å². The Morgan fingerprint density at radius 3 is 2.60 bits per heavy atom. The number of amides is 1. The number of primary sulfonamides is 1. The minimum Gasteiger partial charge on any atom is -0.304 e. The van der Waals surface area contributed by atoms with Gasteiger partial charge in [0.05, 0.1) is 4.92 Å². The Kier molecular flexibility index (Phi) is 3.80. The number of para-hydroxylation sites is 1. The second kappa shape index (κ2) is 5.11. The van der Waals surface area contributed by atoms with Gasteiger partial charge in [0.2, 0.25) is 15.9 Å². The zero-order valence-corrected chi connectivity index (χ0v) is 12.4. The summed E-state index contributed by atoms with van der Waals surface area (Å²) in [5.41, 5.74) is -0.226. The van der Waals surface area contributed by atoms with Crippen molar-refractivity contribution in [2.75, 3.05) is 11.4 Å². The van der Waals surface area contributed by atoms with E-state index in [-0.39, 0.29) is 24.3 Å². The average Bonchev–Trinajstić information content (AvgIpc) is 2.70. The summed E-state index contributed by atoms with van der Waals surface area (Å²) in [5.74, 6) is -0.515. The van der Waals surface area contributed by atoms with Crippen molar-refractivity contribution in [3.63, 3.8) is 0 Å². The summed E-state index contributed by atoms with van der Waals surface area (Å²) < 4.78 is 23.0. The number of nitro benzene ring substituents is 1. The molecule has 0 bridgehead atoms. The molecule has 1 aliphatic heterocycles. The monoisotopic (exact) mass is 363 g/mol. The fraction of sp³-hybridized carbons (Fsp3) is 0.300.